The van der Waals surface area contributed by atoms with E-state index >= 15 is 0 Å². The van der Waals surface area contributed by atoms with Crippen LogP contribution in [-0.4, -0.2) is 47.3 Å². The molecule has 8 nitrogen and oxygen atoms in total. The summed E-state index contributed by atoms with van der Waals surface area (Å²) < 4.78 is 0. The Labute approximate surface area is 106 Å². The number of anilines is 3. The summed E-state index contributed by atoms with van der Waals surface area (Å²) in [4.78, 5) is 14.3. The summed E-state index contributed by atoms with van der Waals surface area (Å²) in [5.41, 5.74) is 2.41. The molecule has 0 saturated heterocycles. The monoisotopic (exact) mass is 253 g/mol. The van der Waals surface area contributed by atoms with Gasteiger partial charge in [0, 0.05) is 26.1 Å². The second-order valence-electron chi connectivity index (χ2n) is 4.83. The summed E-state index contributed by atoms with van der Waals surface area (Å²) in [6.07, 6.45) is 2.06. The first-order valence-electron chi connectivity index (χ1n) is 5.83. The van der Waals surface area contributed by atoms with Gasteiger partial charge in [-0.15, -0.1) is 0 Å². The van der Waals surface area contributed by atoms with Crippen LogP contribution in [0.4, 0.5) is 17.8 Å². The van der Waals surface area contributed by atoms with Crippen LogP contribution in [0.25, 0.3) is 0 Å². The van der Waals surface area contributed by atoms with Crippen molar-refractivity contribution in [3.63, 3.8) is 0 Å². The van der Waals surface area contributed by atoms with E-state index < -0.39 is 0 Å². The van der Waals surface area contributed by atoms with Gasteiger partial charge in [-0.2, -0.15) is 15.0 Å². The van der Waals surface area contributed by atoms with Gasteiger partial charge in [-0.25, -0.2) is 5.84 Å². The lowest BCUT2D eigenvalue weighted by atomic mass is 10.1. The maximum absolute atomic E-state index is 9.24. The van der Waals surface area contributed by atoms with Gasteiger partial charge in [0.05, 0.1) is 6.61 Å². The number of nitrogens with one attached hydrogen (secondary N) is 2. The summed E-state index contributed by atoms with van der Waals surface area (Å²) in [6, 6.07) is 0. The SMILES string of the molecule is CN(C)c1nc(NN)nc(NCC2(CO)CC2)n1. The van der Waals surface area contributed by atoms with Crippen LogP contribution in [0.5, 0.6) is 0 Å². The fourth-order valence-corrected chi connectivity index (χ4v) is 1.54. The van der Waals surface area contributed by atoms with Gasteiger partial charge < -0.3 is 15.3 Å². The van der Waals surface area contributed by atoms with Crippen LogP contribution in [0.15, 0.2) is 0 Å². The predicted octanol–water partition coefficient (Wildman–Crippen LogP) is -0.592. The van der Waals surface area contributed by atoms with E-state index in [9.17, 15) is 5.11 Å². The average molecular weight is 253 g/mol. The van der Waals surface area contributed by atoms with Crippen molar-refractivity contribution in [1.82, 2.24) is 15.0 Å². The van der Waals surface area contributed by atoms with E-state index in [1.165, 1.54) is 0 Å². The number of aliphatic hydroxyl groups is 1. The summed E-state index contributed by atoms with van der Waals surface area (Å²) >= 11 is 0. The van der Waals surface area contributed by atoms with Crippen LogP contribution in [0, 0.1) is 5.41 Å². The highest BCUT2D eigenvalue weighted by Crippen LogP contribution is 2.44. The molecule has 1 heterocycles. The minimum atomic E-state index is 0.00121. The Morgan fingerprint density at radius 1 is 1.28 bits per heavy atom. The van der Waals surface area contributed by atoms with Crippen molar-refractivity contribution in [3.05, 3.63) is 0 Å². The maximum atomic E-state index is 9.24. The molecule has 0 atom stereocenters. The van der Waals surface area contributed by atoms with Gasteiger partial charge in [-0.3, -0.25) is 5.43 Å². The number of hydrogen-bond acceptors (Lipinski definition) is 8. The number of hydrazine groups is 1. The van der Waals surface area contributed by atoms with Gasteiger partial charge in [0.15, 0.2) is 0 Å². The zero-order valence-electron chi connectivity index (χ0n) is 10.6. The summed E-state index contributed by atoms with van der Waals surface area (Å²) in [5.74, 6) is 6.61. The molecule has 1 aromatic heterocycles. The van der Waals surface area contributed by atoms with E-state index in [-0.39, 0.29) is 12.0 Å². The van der Waals surface area contributed by atoms with Crippen molar-refractivity contribution >= 4 is 17.8 Å². The van der Waals surface area contributed by atoms with E-state index in [0.29, 0.717) is 24.4 Å². The van der Waals surface area contributed by atoms with Crippen LogP contribution < -0.4 is 21.5 Å². The number of nitrogens with zero attached hydrogens (tertiary/aromatic N) is 4. The topological polar surface area (TPSA) is 112 Å². The number of aliphatic hydroxyl groups excluding tert-OH is 1. The van der Waals surface area contributed by atoms with Crippen molar-refractivity contribution < 1.29 is 5.11 Å². The third-order valence-corrected chi connectivity index (χ3v) is 3.07. The molecule has 18 heavy (non-hydrogen) atoms. The maximum Gasteiger partial charge on any atom is 0.243 e. The minimum Gasteiger partial charge on any atom is -0.396 e. The molecule has 0 unspecified atom stereocenters. The highest BCUT2D eigenvalue weighted by molar-refractivity contribution is 5.42. The molecule has 0 amide bonds. The van der Waals surface area contributed by atoms with E-state index in [1.54, 1.807) is 4.90 Å². The minimum absolute atomic E-state index is 0.00121. The Morgan fingerprint density at radius 3 is 2.44 bits per heavy atom. The van der Waals surface area contributed by atoms with Crippen molar-refractivity contribution in [2.75, 3.05) is 42.9 Å². The molecule has 1 saturated carbocycles. The normalized spacial score (nSPS) is 16.2. The van der Waals surface area contributed by atoms with Gasteiger partial charge in [-0.05, 0) is 12.8 Å². The molecule has 0 radical (unpaired) electrons. The third kappa shape index (κ3) is 2.77. The first-order valence-corrected chi connectivity index (χ1v) is 5.83. The number of hydrogen-bond donors (Lipinski definition) is 4. The Morgan fingerprint density at radius 2 is 1.94 bits per heavy atom. The Bertz CT molecular complexity index is 419. The van der Waals surface area contributed by atoms with Crippen molar-refractivity contribution in [2.24, 2.45) is 11.3 Å². The molecule has 0 aliphatic heterocycles. The molecule has 1 fully saturated rings. The zero-order valence-corrected chi connectivity index (χ0v) is 10.6. The second kappa shape index (κ2) is 4.91. The standard InChI is InChI=1S/C10H19N7O/c1-17(2)9-14-7(13-8(15-9)16-11)12-5-10(6-18)3-4-10/h18H,3-6,11H2,1-2H3,(H2,12,13,14,15,16). The quantitative estimate of drug-likeness (QED) is 0.393. The lowest BCUT2D eigenvalue weighted by Crippen LogP contribution is -2.23. The Kier molecular flexibility index (Phi) is 3.48. The zero-order chi connectivity index (χ0) is 13.2. The number of nitrogens with two attached hydrogens (primary N) is 1. The molecule has 0 bridgehead atoms. The molecule has 1 aliphatic rings. The largest absolute Gasteiger partial charge is 0.396 e. The first kappa shape index (κ1) is 12.8. The van der Waals surface area contributed by atoms with Crippen LogP contribution in [0.2, 0.25) is 0 Å². The predicted molar refractivity (Wildman–Crippen MR) is 69.2 cm³/mol. The lowest BCUT2D eigenvalue weighted by molar-refractivity contribution is 0.219. The van der Waals surface area contributed by atoms with Gasteiger partial charge in [0.1, 0.15) is 0 Å². The fourth-order valence-electron chi connectivity index (χ4n) is 1.54. The van der Waals surface area contributed by atoms with Crippen LogP contribution in [0.1, 0.15) is 12.8 Å². The molecule has 8 heteroatoms. The van der Waals surface area contributed by atoms with E-state index in [1.807, 2.05) is 14.1 Å². The molecule has 2 rings (SSSR count). The molecule has 5 N–H and O–H groups in total. The summed E-state index contributed by atoms with van der Waals surface area (Å²) in [5, 5.41) is 12.4. The van der Waals surface area contributed by atoms with E-state index in [2.05, 4.69) is 25.7 Å². The Hall–Kier alpha value is -1.67. The molecule has 1 aliphatic carbocycles. The third-order valence-electron chi connectivity index (χ3n) is 3.07. The van der Waals surface area contributed by atoms with Crippen molar-refractivity contribution in [3.8, 4) is 0 Å². The van der Waals surface area contributed by atoms with Crippen molar-refractivity contribution in [2.45, 2.75) is 12.8 Å². The van der Waals surface area contributed by atoms with Gasteiger partial charge >= 0.3 is 0 Å². The van der Waals surface area contributed by atoms with E-state index in [4.69, 9.17) is 5.84 Å². The smallest absolute Gasteiger partial charge is 0.243 e. The van der Waals surface area contributed by atoms with Crippen LogP contribution in [0.3, 0.4) is 0 Å². The van der Waals surface area contributed by atoms with Crippen molar-refractivity contribution in [1.29, 1.82) is 0 Å². The van der Waals surface area contributed by atoms with Gasteiger partial charge in [0.25, 0.3) is 0 Å². The molecular formula is C10H19N7O. The van der Waals surface area contributed by atoms with Crippen LogP contribution >= 0.6 is 0 Å². The molecule has 100 valence electrons. The van der Waals surface area contributed by atoms with E-state index in [0.717, 1.165) is 12.8 Å². The number of rotatable bonds is 6. The molecule has 1 aromatic rings. The highest BCUT2D eigenvalue weighted by atomic mass is 16.3. The number of aromatic nitrogens is 3. The fraction of sp³-hybridized carbons (Fsp3) is 0.700. The second-order valence-corrected chi connectivity index (χ2v) is 4.83. The molecular weight excluding hydrogens is 234 g/mol. The average Bonchev–Trinajstić information content (AvgIpc) is 3.16. The lowest BCUT2D eigenvalue weighted by Gasteiger charge is -2.15. The number of nitrogen functional groups attached to an aromatic ring is 1. The molecule has 0 aromatic carbocycles. The molecule has 0 spiro atoms. The summed E-state index contributed by atoms with van der Waals surface area (Å²) in [7, 11) is 3.69. The van der Waals surface area contributed by atoms with Gasteiger partial charge in [0.2, 0.25) is 17.8 Å². The Balaban J connectivity index is 2.09. The first-order chi connectivity index (χ1) is 8.58. The highest BCUT2D eigenvalue weighted by Gasteiger charge is 2.41. The summed E-state index contributed by atoms with van der Waals surface area (Å²) in [6.45, 7) is 0.845. The van der Waals surface area contributed by atoms with Crippen LogP contribution in [-0.2, 0) is 0 Å². The van der Waals surface area contributed by atoms with Gasteiger partial charge in [-0.1, -0.05) is 0 Å².